The molecule has 1 amide bonds. The SMILES string of the molecule is O=C(NCC(CO)Cc1cc(F)ccc1F)C1Cc2ccccc2S1. The van der Waals surface area contributed by atoms with Crippen molar-refractivity contribution in [1.29, 1.82) is 0 Å². The minimum atomic E-state index is -0.516. The molecule has 132 valence electrons. The molecule has 2 N–H and O–H groups in total. The van der Waals surface area contributed by atoms with Crippen molar-refractivity contribution in [3.8, 4) is 0 Å². The minimum Gasteiger partial charge on any atom is -0.396 e. The van der Waals surface area contributed by atoms with Crippen LogP contribution in [-0.2, 0) is 17.6 Å². The van der Waals surface area contributed by atoms with Gasteiger partial charge >= 0.3 is 0 Å². The molecule has 2 aromatic rings. The lowest BCUT2D eigenvalue weighted by molar-refractivity contribution is -0.120. The molecule has 1 aliphatic heterocycles. The normalized spacial score (nSPS) is 17.2. The maximum atomic E-state index is 13.7. The molecular weight excluding hydrogens is 344 g/mol. The van der Waals surface area contributed by atoms with E-state index in [1.54, 1.807) is 0 Å². The molecule has 0 bridgehead atoms. The lowest BCUT2D eigenvalue weighted by Gasteiger charge is -2.17. The highest BCUT2D eigenvalue weighted by Crippen LogP contribution is 2.36. The van der Waals surface area contributed by atoms with E-state index in [-0.39, 0.29) is 42.2 Å². The van der Waals surface area contributed by atoms with Crippen LogP contribution in [0.15, 0.2) is 47.4 Å². The molecule has 0 fully saturated rings. The fraction of sp³-hybridized carbons (Fsp3) is 0.316. The summed E-state index contributed by atoms with van der Waals surface area (Å²) in [6.45, 7) is 0.00691. The Kier molecular flexibility index (Phi) is 5.71. The van der Waals surface area contributed by atoms with Crippen molar-refractivity contribution in [3.05, 3.63) is 65.2 Å². The van der Waals surface area contributed by atoms with Crippen molar-refractivity contribution in [2.75, 3.05) is 13.2 Å². The number of hydrogen-bond acceptors (Lipinski definition) is 3. The van der Waals surface area contributed by atoms with E-state index in [1.807, 2.05) is 24.3 Å². The van der Waals surface area contributed by atoms with Crippen LogP contribution >= 0.6 is 11.8 Å². The summed E-state index contributed by atoms with van der Waals surface area (Å²) in [4.78, 5) is 13.5. The van der Waals surface area contributed by atoms with Crippen LogP contribution in [0.5, 0.6) is 0 Å². The zero-order chi connectivity index (χ0) is 17.8. The fourth-order valence-corrected chi connectivity index (χ4v) is 4.12. The average Bonchev–Trinajstić information content (AvgIpc) is 3.05. The van der Waals surface area contributed by atoms with Gasteiger partial charge in [-0.2, -0.15) is 0 Å². The predicted molar refractivity (Wildman–Crippen MR) is 93.4 cm³/mol. The molecule has 25 heavy (non-hydrogen) atoms. The number of hydrogen-bond donors (Lipinski definition) is 2. The predicted octanol–water partition coefficient (Wildman–Crippen LogP) is 2.95. The Morgan fingerprint density at radius 2 is 2.08 bits per heavy atom. The van der Waals surface area contributed by atoms with E-state index >= 15 is 0 Å². The molecular formula is C19H19F2NO2S. The third-order valence-electron chi connectivity index (χ3n) is 4.28. The quantitative estimate of drug-likeness (QED) is 0.830. The van der Waals surface area contributed by atoms with Crippen LogP contribution < -0.4 is 5.32 Å². The zero-order valence-electron chi connectivity index (χ0n) is 13.5. The van der Waals surface area contributed by atoms with E-state index in [1.165, 1.54) is 11.8 Å². The lowest BCUT2D eigenvalue weighted by Crippen LogP contribution is -2.37. The van der Waals surface area contributed by atoms with Gasteiger partial charge in [0.15, 0.2) is 0 Å². The van der Waals surface area contributed by atoms with E-state index in [0.717, 1.165) is 28.7 Å². The number of aliphatic hydroxyl groups excluding tert-OH is 1. The van der Waals surface area contributed by atoms with Crippen molar-refractivity contribution in [2.45, 2.75) is 23.0 Å². The number of rotatable bonds is 6. The van der Waals surface area contributed by atoms with Gasteiger partial charge in [-0.15, -0.1) is 11.8 Å². The summed E-state index contributed by atoms with van der Waals surface area (Å²) >= 11 is 1.53. The lowest BCUT2D eigenvalue weighted by atomic mass is 9.99. The van der Waals surface area contributed by atoms with Gasteiger partial charge in [-0.25, -0.2) is 8.78 Å². The second-order valence-corrected chi connectivity index (χ2v) is 7.40. The highest BCUT2D eigenvalue weighted by molar-refractivity contribution is 8.01. The zero-order valence-corrected chi connectivity index (χ0v) is 14.4. The van der Waals surface area contributed by atoms with E-state index < -0.39 is 11.6 Å². The maximum Gasteiger partial charge on any atom is 0.233 e. The van der Waals surface area contributed by atoms with Gasteiger partial charge in [0.25, 0.3) is 0 Å². The molecule has 0 saturated carbocycles. The largest absolute Gasteiger partial charge is 0.396 e. The van der Waals surface area contributed by atoms with Crippen LogP contribution in [0, 0.1) is 17.6 Å². The van der Waals surface area contributed by atoms with Crippen LogP contribution in [0.3, 0.4) is 0 Å². The van der Waals surface area contributed by atoms with Crippen molar-refractivity contribution >= 4 is 17.7 Å². The number of amides is 1. The van der Waals surface area contributed by atoms with Crippen molar-refractivity contribution in [1.82, 2.24) is 5.32 Å². The van der Waals surface area contributed by atoms with Gasteiger partial charge in [-0.3, -0.25) is 4.79 Å². The monoisotopic (exact) mass is 363 g/mol. The average molecular weight is 363 g/mol. The molecule has 0 saturated heterocycles. The van der Waals surface area contributed by atoms with Crippen LogP contribution in [0.2, 0.25) is 0 Å². The summed E-state index contributed by atoms with van der Waals surface area (Å²) < 4.78 is 27.0. The number of carbonyl (C=O) groups excluding carboxylic acids is 1. The Balaban J connectivity index is 1.55. The summed E-state index contributed by atoms with van der Waals surface area (Å²) in [7, 11) is 0. The minimum absolute atomic E-state index is 0.0978. The molecule has 1 heterocycles. The van der Waals surface area contributed by atoms with Gasteiger partial charge < -0.3 is 10.4 Å². The second kappa shape index (κ2) is 7.97. The van der Waals surface area contributed by atoms with E-state index in [0.29, 0.717) is 6.42 Å². The molecule has 1 aliphatic rings. The molecule has 3 nitrogen and oxygen atoms in total. The molecule has 2 unspecified atom stereocenters. The Labute approximate surface area is 149 Å². The second-order valence-electron chi connectivity index (χ2n) is 6.15. The third kappa shape index (κ3) is 4.38. The number of carbonyl (C=O) groups is 1. The number of aliphatic hydroxyl groups is 1. The van der Waals surface area contributed by atoms with Gasteiger partial charge in [0.2, 0.25) is 5.91 Å². The molecule has 0 aromatic heterocycles. The number of nitrogens with one attached hydrogen (secondary N) is 1. The highest BCUT2D eigenvalue weighted by atomic mass is 32.2. The summed E-state index contributed by atoms with van der Waals surface area (Å²) in [5.41, 5.74) is 1.36. The first-order valence-electron chi connectivity index (χ1n) is 8.14. The van der Waals surface area contributed by atoms with Crippen LogP contribution in [-0.4, -0.2) is 29.4 Å². The summed E-state index contributed by atoms with van der Waals surface area (Å²) in [6.07, 6.45) is 0.841. The molecule has 0 radical (unpaired) electrons. The highest BCUT2D eigenvalue weighted by Gasteiger charge is 2.28. The Morgan fingerprint density at radius 1 is 1.28 bits per heavy atom. The summed E-state index contributed by atoms with van der Waals surface area (Å²) in [5.74, 6) is -1.49. The Bertz CT molecular complexity index is 744. The van der Waals surface area contributed by atoms with E-state index in [2.05, 4.69) is 5.32 Å². The molecule has 0 aliphatic carbocycles. The molecule has 0 spiro atoms. The van der Waals surface area contributed by atoms with Crippen molar-refractivity contribution in [2.24, 2.45) is 5.92 Å². The van der Waals surface area contributed by atoms with Crippen LogP contribution in [0.25, 0.3) is 0 Å². The van der Waals surface area contributed by atoms with Crippen LogP contribution in [0.1, 0.15) is 11.1 Å². The molecule has 6 heteroatoms. The Morgan fingerprint density at radius 3 is 2.84 bits per heavy atom. The summed E-state index contributed by atoms with van der Waals surface area (Å²) in [6, 6.07) is 11.2. The first kappa shape index (κ1) is 17.9. The van der Waals surface area contributed by atoms with Gasteiger partial charge in [0.05, 0.1) is 5.25 Å². The van der Waals surface area contributed by atoms with Gasteiger partial charge in [-0.05, 0) is 48.2 Å². The smallest absolute Gasteiger partial charge is 0.233 e. The fourth-order valence-electron chi connectivity index (χ4n) is 2.90. The van der Waals surface area contributed by atoms with E-state index in [9.17, 15) is 18.7 Å². The van der Waals surface area contributed by atoms with Crippen LogP contribution in [0.4, 0.5) is 8.78 Å². The van der Waals surface area contributed by atoms with Crippen molar-refractivity contribution in [3.63, 3.8) is 0 Å². The first-order valence-corrected chi connectivity index (χ1v) is 9.02. The number of fused-ring (bicyclic) bond motifs is 1. The first-order chi connectivity index (χ1) is 12.1. The third-order valence-corrected chi connectivity index (χ3v) is 5.60. The molecule has 3 rings (SSSR count). The standard InChI is InChI=1S/C19H19F2NO2S/c20-15-5-6-16(21)14(8-15)7-12(11-23)10-22-19(24)18-9-13-3-1-2-4-17(13)25-18/h1-6,8,12,18,23H,7,9-11H2,(H,22,24). The van der Waals surface area contributed by atoms with Gasteiger partial charge in [0, 0.05) is 24.0 Å². The maximum absolute atomic E-state index is 13.7. The van der Waals surface area contributed by atoms with Gasteiger partial charge in [-0.1, -0.05) is 18.2 Å². The number of thioether (sulfide) groups is 1. The molecule has 2 aromatic carbocycles. The number of benzene rings is 2. The Hall–Kier alpha value is -1.92. The van der Waals surface area contributed by atoms with E-state index in [4.69, 9.17) is 0 Å². The van der Waals surface area contributed by atoms with Gasteiger partial charge in [0.1, 0.15) is 11.6 Å². The molecule has 2 atom stereocenters. The topological polar surface area (TPSA) is 49.3 Å². The summed E-state index contributed by atoms with van der Waals surface area (Å²) in [5, 5.41) is 12.1. The van der Waals surface area contributed by atoms with Crippen molar-refractivity contribution < 1.29 is 18.7 Å². The number of halogens is 2.